The molecular weight excluding hydrogens is 236 g/mol. The molecule has 2 aromatic rings. The maximum Gasteiger partial charge on any atom is 0.269 e. The third kappa shape index (κ3) is 2.35. The monoisotopic (exact) mass is 248 g/mol. The highest BCUT2D eigenvalue weighted by atomic mass is 16.6. The second-order valence-corrected chi connectivity index (χ2v) is 3.90. The molecule has 1 atom stereocenters. The summed E-state index contributed by atoms with van der Waals surface area (Å²) in [6, 6.07) is 5.97. The van der Waals surface area contributed by atoms with Crippen molar-refractivity contribution in [2.24, 2.45) is 5.73 Å². The molecule has 1 aromatic carbocycles. The lowest BCUT2D eigenvalue weighted by Gasteiger charge is -1.98. The lowest BCUT2D eigenvalue weighted by atomic mass is 10.2. The lowest BCUT2D eigenvalue weighted by Crippen LogP contribution is -2.08. The van der Waals surface area contributed by atoms with Gasteiger partial charge in [-0.15, -0.1) is 0 Å². The zero-order chi connectivity index (χ0) is 13.1. The fraction of sp³-hybridized carbons (Fsp3) is 0.273. The first-order valence-electron chi connectivity index (χ1n) is 5.40. The van der Waals surface area contributed by atoms with Crippen molar-refractivity contribution in [1.82, 2.24) is 10.1 Å². The van der Waals surface area contributed by atoms with Gasteiger partial charge < -0.3 is 10.3 Å². The Bertz CT molecular complexity index is 550. The number of benzene rings is 1. The molecule has 0 fully saturated rings. The number of hydrogen-bond donors (Lipinski definition) is 1. The molecule has 1 aromatic heterocycles. The fourth-order valence-electron chi connectivity index (χ4n) is 1.39. The number of nitro benzene ring substituents is 1. The molecule has 1 unspecified atom stereocenters. The minimum Gasteiger partial charge on any atom is -0.339 e. The molecule has 0 radical (unpaired) electrons. The van der Waals surface area contributed by atoms with E-state index >= 15 is 0 Å². The summed E-state index contributed by atoms with van der Waals surface area (Å²) in [5.41, 5.74) is 6.19. The largest absolute Gasteiger partial charge is 0.339 e. The van der Waals surface area contributed by atoms with Gasteiger partial charge in [0.1, 0.15) is 0 Å². The summed E-state index contributed by atoms with van der Waals surface area (Å²) in [4.78, 5) is 14.3. The van der Waals surface area contributed by atoms with Crippen LogP contribution in [0.4, 0.5) is 5.69 Å². The van der Waals surface area contributed by atoms with E-state index in [0.717, 1.165) is 0 Å². The first kappa shape index (κ1) is 12.2. The normalized spacial score (nSPS) is 12.3. The Labute approximate surface area is 103 Å². The summed E-state index contributed by atoms with van der Waals surface area (Å²) in [5, 5.41) is 14.3. The molecule has 0 aliphatic rings. The van der Waals surface area contributed by atoms with E-state index in [-0.39, 0.29) is 11.6 Å². The van der Waals surface area contributed by atoms with Gasteiger partial charge in [0, 0.05) is 30.2 Å². The third-order valence-electron chi connectivity index (χ3n) is 2.55. The SMILES string of the molecule is CC(CN)c1nc(-c2ccc([N+](=O)[O-])cc2)no1. The smallest absolute Gasteiger partial charge is 0.269 e. The van der Waals surface area contributed by atoms with Crippen LogP contribution in [0.5, 0.6) is 0 Å². The molecule has 0 aliphatic heterocycles. The van der Waals surface area contributed by atoms with Gasteiger partial charge in [-0.3, -0.25) is 10.1 Å². The molecule has 2 rings (SSSR count). The van der Waals surface area contributed by atoms with Crippen molar-refractivity contribution in [3.63, 3.8) is 0 Å². The van der Waals surface area contributed by atoms with Crippen molar-refractivity contribution >= 4 is 5.69 Å². The second-order valence-electron chi connectivity index (χ2n) is 3.90. The van der Waals surface area contributed by atoms with Gasteiger partial charge in [-0.2, -0.15) is 4.98 Å². The summed E-state index contributed by atoms with van der Waals surface area (Å²) in [5.74, 6) is 0.857. The van der Waals surface area contributed by atoms with E-state index in [9.17, 15) is 10.1 Å². The van der Waals surface area contributed by atoms with Crippen molar-refractivity contribution in [3.8, 4) is 11.4 Å². The van der Waals surface area contributed by atoms with Crippen molar-refractivity contribution < 1.29 is 9.45 Å². The van der Waals surface area contributed by atoms with Gasteiger partial charge in [0.15, 0.2) is 0 Å². The van der Waals surface area contributed by atoms with E-state index < -0.39 is 4.92 Å². The Kier molecular flexibility index (Phi) is 3.33. The highest BCUT2D eigenvalue weighted by Crippen LogP contribution is 2.21. The first-order valence-corrected chi connectivity index (χ1v) is 5.40. The number of aromatic nitrogens is 2. The predicted molar refractivity (Wildman–Crippen MR) is 63.9 cm³/mol. The number of rotatable bonds is 4. The van der Waals surface area contributed by atoms with Crippen LogP contribution in [0.15, 0.2) is 28.8 Å². The van der Waals surface area contributed by atoms with E-state index in [0.29, 0.717) is 23.8 Å². The van der Waals surface area contributed by atoms with Gasteiger partial charge in [-0.05, 0) is 12.1 Å². The van der Waals surface area contributed by atoms with Gasteiger partial charge in [-0.25, -0.2) is 0 Å². The van der Waals surface area contributed by atoms with Crippen LogP contribution in [0.25, 0.3) is 11.4 Å². The molecule has 0 saturated heterocycles. The summed E-state index contributed by atoms with van der Waals surface area (Å²) in [6.45, 7) is 2.30. The van der Waals surface area contributed by atoms with E-state index in [1.807, 2.05) is 6.92 Å². The molecule has 18 heavy (non-hydrogen) atoms. The summed E-state index contributed by atoms with van der Waals surface area (Å²) >= 11 is 0. The van der Waals surface area contributed by atoms with E-state index in [1.54, 1.807) is 12.1 Å². The lowest BCUT2D eigenvalue weighted by molar-refractivity contribution is -0.384. The van der Waals surface area contributed by atoms with Crippen LogP contribution >= 0.6 is 0 Å². The molecule has 94 valence electrons. The van der Waals surface area contributed by atoms with E-state index in [1.165, 1.54) is 12.1 Å². The van der Waals surface area contributed by atoms with Crippen molar-refractivity contribution in [2.45, 2.75) is 12.8 Å². The molecule has 7 nitrogen and oxygen atoms in total. The Morgan fingerprint density at radius 2 is 2.11 bits per heavy atom. The van der Waals surface area contributed by atoms with Gasteiger partial charge in [0.25, 0.3) is 5.69 Å². The second kappa shape index (κ2) is 4.92. The minimum atomic E-state index is -0.456. The van der Waals surface area contributed by atoms with Crippen LogP contribution in [-0.4, -0.2) is 21.6 Å². The van der Waals surface area contributed by atoms with Crippen LogP contribution in [-0.2, 0) is 0 Å². The van der Waals surface area contributed by atoms with E-state index in [2.05, 4.69) is 10.1 Å². The van der Waals surface area contributed by atoms with Crippen LogP contribution in [0.1, 0.15) is 18.7 Å². The Morgan fingerprint density at radius 3 is 2.67 bits per heavy atom. The molecule has 7 heteroatoms. The summed E-state index contributed by atoms with van der Waals surface area (Å²) in [7, 11) is 0. The minimum absolute atomic E-state index is 0.00991. The highest BCUT2D eigenvalue weighted by Gasteiger charge is 2.14. The first-order chi connectivity index (χ1) is 8.61. The number of nitrogens with two attached hydrogens (primary N) is 1. The van der Waals surface area contributed by atoms with Crippen LogP contribution in [0, 0.1) is 10.1 Å². The Hall–Kier alpha value is -2.28. The zero-order valence-electron chi connectivity index (χ0n) is 9.74. The fourth-order valence-corrected chi connectivity index (χ4v) is 1.39. The maximum atomic E-state index is 10.5. The topological polar surface area (TPSA) is 108 Å². The number of nitrogens with zero attached hydrogens (tertiary/aromatic N) is 3. The Morgan fingerprint density at radius 1 is 1.44 bits per heavy atom. The molecule has 0 bridgehead atoms. The van der Waals surface area contributed by atoms with Crippen LogP contribution < -0.4 is 5.73 Å². The molecular formula is C11H12N4O3. The van der Waals surface area contributed by atoms with Gasteiger partial charge in [0.05, 0.1) is 4.92 Å². The standard InChI is InChI=1S/C11H12N4O3/c1-7(6-12)11-13-10(14-18-11)8-2-4-9(5-3-8)15(16)17/h2-5,7H,6,12H2,1H3. The molecule has 0 saturated carbocycles. The highest BCUT2D eigenvalue weighted by molar-refractivity contribution is 5.56. The molecule has 2 N–H and O–H groups in total. The molecule has 0 spiro atoms. The molecule has 0 amide bonds. The summed E-state index contributed by atoms with van der Waals surface area (Å²) < 4.78 is 5.07. The number of hydrogen-bond acceptors (Lipinski definition) is 6. The molecule has 0 aliphatic carbocycles. The third-order valence-corrected chi connectivity index (χ3v) is 2.55. The van der Waals surface area contributed by atoms with Gasteiger partial charge in [-0.1, -0.05) is 12.1 Å². The van der Waals surface area contributed by atoms with Gasteiger partial charge >= 0.3 is 0 Å². The van der Waals surface area contributed by atoms with Crippen LogP contribution in [0.3, 0.4) is 0 Å². The number of non-ortho nitro benzene ring substituents is 1. The number of nitro groups is 1. The van der Waals surface area contributed by atoms with Crippen molar-refractivity contribution in [3.05, 3.63) is 40.3 Å². The predicted octanol–water partition coefficient (Wildman–Crippen LogP) is 1.71. The van der Waals surface area contributed by atoms with Crippen LogP contribution in [0.2, 0.25) is 0 Å². The van der Waals surface area contributed by atoms with E-state index in [4.69, 9.17) is 10.3 Å². The average Bonchev–Trinajstić information content (AvgIpc) is 2.87. The Balaban J connectivity index is 2.26. The zero-order valence-corrected chi connectivity index (χ0v) is 9.74. The molecule has 1 heterocycles. The average molecular weight is 248 g/mol. The van der Waals surface area contributed by atoms with Gasteiger partial charge in [0.2, 0.25) is 11.7 Å². The maximum absolute atomic E-state index is 10.5. The van der Waals surface area contributed by atoms with Crippen molar-refractivity contribution in [1.29, 1.82) is 0 Å². The quantitative estimate of drug-likeness (QED) is 0.651. The van der Waals surface area contributed by atoms with Crippen molar-refractivity contribution in [2.75, 3.05) is 6.54 Å². The summed E-state index contributed by atoms with van der Waals surface area (Å²) in [6.07, 6.45) is 0.